The van der Waals surface area contributed by atoms with Gasteiger partial charge in [-0.25, -0.2) is 13.8 Å². The number of nitrogens with zero attached hydrogens (tertiary/aromatic N) is 5. The lowest BCUT2D eigenvalue weighted by atomic mass is 9.85. The van der Waals surface area contributed by atoms with Crippen LogP contribution in [0.25, 0.3) is 22.2 Å². The first-order chi connectivity index (χ1) is 21.5. The Hall–Kier alpha value is -3.49. The molecule has 2 aromatic heterocycles. The summed E-state index contributed by atoms with van der Waals surface area (Å²) in [4.78, 5) is 17.3. The Morgan fingerprint density at radius 3 is 2.80 bits per heavy atom. The number of anilines is 2. The molecule has 45 heavy (non-hydrogen) atoms. The molecule has 5 aliphatic heterocycles. The number of fused-ring (bicyclic) bond motifs is 6. The van der Waals surface area contributed by atoms with E-state index in [9.17, 15) is 17.6 Å². The maximum absolute atomic E-state index is 16.8. The van der Waals surface area contributed by atoms with Crippen LogP contribution in [0.4, 0.5) is 33.6 Å². The van der Waals surface area contributed by atoms with Crippen molar-refractivity contribution in [1.29, 1.82) is 0 Å². The Labute approximate surface area is 259 Å². The molecule has 5 aliphatic rings. The van der Waals surface area contributed by atoms with Gasteiger partial charge in [-0.1, -0.05) is 11.6 Å². The van der Waals surface area contributed by atoms with Gasteiger partial charge in [-0.05, 0) is 50.3 Å². The number of ether oxygens (including phenoxy) is 2. The zero-order valence-corrected chi connectivity index (χ0v) is 24.9. The summed E-state index contributed by atoms with van der Waals surface area (Å²) in [5, 5.41) is 3.38. The number of hydrogen-bond donors (Lipinski definition) is 2. The zero-order chi connectivity index (χ0) is 31.4. The second-order valence-electron chi connectivity index (χ2n) is 12.7. The second-order valence-corrected chi connectivity index (χ2v) is 13.0. The van der Waals surface area contributed by atoms with Crippen LogP contribution in [0.1, 0.15) is 38.2 Å². The predicted octanol–water partition coefficient (Wildman–Crippen LogP) is 5.26. The largest absolute Gasteiger partial charge is 0.486 e. The molecule has 4 saturated heterocycles. The van der Waals surface area contributed by atoms with Crippen LogP contribution in [0.2, 0.25) is 5.02 Å². The van der Waals surface area contributed by atoms with E-state index in [0.29, 0.717) is 37.2 Å². The third kappa shape index (κ3) is 4.35. The summed E-state index contributed by atoms with van der Waals surface area (Å²) in [5.41, 5.74) is 3.11. The fourth-order valence-corrected chi connectivity index (χ4v) is 8.18. The van der Waals surface area contributed by atoms with Crippen LogP contribution in [-0.4, -0.2) is 75.9 Å². The number of alkyl halides is 3. The molecule has 1 aromatic carbocycles. The smallest absolute Gasteiger partial charge is 0.418 e. The molecule has 7 heterocycles. The Bertz CT molecular complexity index is 1770. The lowest BCUT2D eigenvalue weighted by Gasteiger charge is -2.47. The highest BCUT2D eigenvalue weighted by molar-refractivity contribution is 6.36. The van der Waals surface area contributed by atoms with E-state index in [-0.39, 0.29) is 58.2 Å². The summed E-state index contributed by atoms with van der Waals surface area (Å²) in [7, 11) is 0. The van der Waals surface area contributed by atoms with Crippen molar-refractivity contribution in [2.75, 3.05) is 36.9 Å². The number of aromatic nitrogens is 3. The predicted molar refractivity (Wildman–Crippen MR) is 157 cm³/mol. The molecule has 238 valence electrons. The van der Waals surface area contributed by atoms with Crippen LogP contribution in [0.15, 0.2) is 24.0 Å². The van der Waals surface area contributed by atoms with Gasteiger partial charge >= 0.3 is 12.2 Å². The van der Waals surface area contributed by atoms with Crippen molar-refractivity contribution in [2.24, 2.45) is 0 Å². The van der Waals surface area contributed by atoms with Crippen LogP contribution < -0.4 is 25.4 Å². The molecule has 0 unspecified atom stereocenters. The van der Waals surface area contributed by atoms with Gasteiger partial charge in [0, 0.05) is 31.7 Å². The minimum atomic E-state index is -4.89. The lowest BCUT2D eigenvalue weighted by molar-refractivity contribution is -0.137. The SMILES string of the molecule is C[C@@H]1Oc2c(Cl)c(-c3nc(N)ccc3C(F)(F)F)c(F)c3nc(OC[C@@]45CCN4C/C(=C/F)C5)nc(c23)N2C[C@H]3CC[C@H](N3)[C@@H]12. The topological polar surface area (TPSA) is 102 Å². The van der Waals surface area contributed by atoms with Crippen LogP contribution in [-0.2, 0) is 6.18 Å². The average molecular weight is 650 g/mol. The van der Waals surface area contributed by atoms with E-state index in [2.05, 4.69) is 25.1 Å². The summed E-state index contributed by atoms with van der Waals surface area (Å²) in [6.45, 7) is 3.80. The van der Waals surface area contributed by atoms with E-state index < -0.39 is 40.5 Å². The van der Waals surface area contributed by atoms with Gasteiger partial charge in [-0.15, -0.1) is 0 Å². The van der Waals surface area contributed by atoms with Crippen molar-refractivity contribution in [3.8, 4) is 23.0 Å². The number of halogens is 6. The van der Waals surface area contributed by atoms with Crippen molar-refractivity contribution < 1.29 is 31.4 Å². The van der Waals surface area contributed by atoms with Crippen LogP contribution >= 0.6 is 11.6 Å². The maximum Gasteiger partial charge on any atom is 0.418 e. The van der Waals surface area contributed by atoms with Gasteiger partial charge in [0.1, 0.15) is 29.9 Å². The third-order valence-corrected chi connectivity index (χ3v) is 10.4. The molecule has 0 radical (unpaired) electrons. The van der Waals surface area contributed by atoms with E-state index in [1.807, 2.05) is 6.92 Å². The Kier molecular flexibility index (Phi) is 6.43. The molecule has 3 N–H and O–H groups in total. The molecular formula is C30H29ClF5N7O2. The zero-order valence-electron chi connectivity index (χ0n) is 24.1. The van der Waals surface area contributed by atoms with Crippen molar-refractivity contribution in [3.63, 3.8) is 0 Å². The van der Waals surface area contributed by atoms with Crippen LogP contribution in [0, 0.1) is 5.82 Å². The molecule has 0 amide bonds. The normalized spacial score (nSPS) is 29.8. The molecule has 9 nitrogen and oxygen atoms in total. The van der Waals surface area contributed by atoms with Crippen molar-refractivity contribution >= 4 is 34.1 Å². The molecule has 0 saturated carbocycles. The van der Waals surface area contributed by atoms with Gasteiger partial charge in [0.2, 0.25) is 0 Å². The van der Waals surface area contributed by atoms with E-state index in [0.717, 1.165) is 37.9 Å². The highest BCUT2D eigenvalue weighted by atomic mass is 35.5. The van der Waals surface area contributed by atoms with Crippen LogP contribution in [0.3, 0.4) is 0 Å². The number of nitrogen functional groups attached to an aromatic ring is 1. The summed E-state index contributed by atoms with van der Waals surface area (Å²) in [5.74, 6) is -1.07. The molecule has 0 aliphatic carbocycles. The first-order valence-electron chi connectivity index (χ1n) is 14.9. The number of pyridine rings is 1. The fourth-order valence-electron chi connectivity index (χ4n) is 7.87. The molecule has 2 bridgehead atoms. The number of rotatable bonds is 4. The average Bonchev–Trinajstić information content (AvgIpc) is 3.44. The third-order valence-electron chi connectivity index (χ3n) is 10.0. The minimum Gasteiger partial charge on any atom is -0.486 e. The number of benzene rings is 1. The summed E-state index contributed by atoms with van der Waals surface area (Å²) in [6.07, 6.45) is -1.69. The van der Waals surface area contributed by atoms with E-state index in [4.69, 9.17) is 31.8 Å². The monoisotopic (exact) mass is 649 g/mol. The maximum atomic E-state index is 16.8. The first kappa shape index (κ1) is 28.9. The van der Waals surface area contributed by atoms with Gasteiger partial charge in [0.25, 0.3) is 0 Å². The fraction of sp³-hybridized carbons (Fsp3) is 0.500. The lowest BCUT2D eigenvalue weighted by Crippen LogP contribution is -2.62. The van der Waals surface area contributed by atoms with Crippen LogP contribution in [0.5, 0.6) is 11.8 Å². The Morgan fingerprint density at radius 1 is 1.24 bits per heavy atom. The van der Waals surface area contributed by atoms with E-state index >= 15 is 4.39 Å². The molecule has 0 spiro atoms. The highest BCUT2D eigenvalue weighted by Crippen LogP contribution is 2.52. The summed E-state index contributed by atoms with van der Waals surface area (Å²) < 4.78 is 85.3. The van der Waals surface area contributed by atoms with Gasteiger partial charge < -0.3 is 25.4 Å². The summed E-state index contributed by atoms with van der Waals surface area (Å²) in [6, 6.07) is 1.54. The van der Waals surface area contributed by atoms with Gasteiger partial charge in [-0.3, -0.25) is 4.90 Å². The molecule has 4 fully saturated rings. The number of nitrogens with one attached hydrogen (secondary N) is 1. The van der Waals surface area contributed by atoms with Crippen molar-refractivity contribution in [2.45, 2.75) is 68.6 Å². The van der Waals surface area contributed by atoms with E-state index in [1.165, 1.54) is 0 Å². The molecule has 15 heteroatoms. The number of nitrogens with two attached hydrogens (primary N) is 1. The summed E-state index contributed by atoms with van der Waals surface area (Å²) >= 11 is 6.80. The molecule has 5 atom stereocenters. The molecule has 8 rings (SSSR count). The van der Waals surface area contributed by atoms with Gasteiger partial charge in [-0.2, -0.15) is 23.1 Å². The Balaban J connectivity index is 1.33. The minimum absolute atomic E-state index is 0.0305. The van der Waals surface area contributed by atoms with Crippen molar-refractivity contribution in [3.05, 3.63) is 40.4 Å². The first-order valence-corrected chi connectivity index (χ1v) is 15.3. The second kappa shape index (κ2) is 10.0. The number of piperazine rings is 1. The van der Waals surface area contributed by atoms with Gasteiger partial charge in [0.05, 0.1) is 45.1 Å². The highest BCUT2D eigenvalue weighted by Gasteiger charge is 2.51. The Morgan fingerprint density at radius 2 is 2.07 bits per heavy atom. The van der Waals surface area contributed by atoms with E-state index in [1.54, 1.807) is 0 Å². The number of hydrogen-bond acceptors (Lipinski definition) is 9. The molecular weight excluding hydrogens is 621 g/mol. The van der Waals surface area contributed by atoms with Gasteiger partial charge in [0.15, 0.2) is 11.6 Å². The van der Waals surface area contributed by atoms with Crippen molar-refractivity contribution in [1.82, 2.24) is 25.2 Å². The quantitative estimate of drug-likeness (QED) is 0.367. The standard InChI is InChI=1S/C30H29ClF5N7O2/c1-13-25-17-4-2-15(38-17)11-43(25)27-20-24(40-28(41-27)44-12-29-6-7-42(29)10-14(8-29)9-32)22(33)19(21(31)26(20)45-13)23-16(30(34,35)36)3-5-18(37)39-23/h3,5,9,13,15,17,25,38H,2,4,6-8,10-12H2,1H3,(H2,37,39)/b14-9+/t13-,15+,17-,25+,29-/m0/s1. The molecule has 3 aromatic rings.